The Morgan fingerprint density at radius 3 is 2.71 bits per heavy atom. The predicted molar refractivity (Wildman–Crippen MR) is 69.5 cm³/mol. The SMILES string of the molecule is CCCNCCS(=O)(=O)Nc1cncc(C)c1. The highest BCUT2D eigenvalue weighted by Gasteiger charge is 2.09. The molecular formula is C11H19N3O2S. The molecule has 0 radical (unpaired) electrons. The molecule has 6 heteroatoms. The quantitative estimate of drug-likeness (QED) is 0.718. The molecule has 0 spiro atoms. The summed E-state index contributed by atoms with van der Waals surface area (Å²) in [7, 11) is -3.28. The van der Waals surface area contributed by atoms with Gasteiger partial charge in [0.15, 0.2) is 0 Å². The zero-order chi connectivity index (χ0) is 12.7. The molecule has 1 rings (SSSR count). The van der Waals surface area contributed by atoms with Crippen LogP contribution in [0, 0.1) is 6.92 Å². The summed E-state index contributed by atoms with van der Waals surface area (Å²) in [6.45, 7) is 5.20. The number of nitrogens with one attached hydrogen (secondary N) is 2. The third kappa shape index (κ3) is 5.65. The van der Waals surface area contributed by atoms with Gasteiger partial charge in [-0.25, -0.2) is 8.42 Å². The van der Waals surface area contributed by atoms with E-state index in [0.29, 0.717) is 12.2 Å². The number of anilines is 1. The number of aromatic nitrogens is 1. The molecule has 96 valence electrons. The Bertz CT molecular complexity index is 446. The van der Waals surface area contributed by atoms with Crippen LogP contribution in [0.25, 0.3) is 0 Å². The van der Waals surface area contributed by atoms with Crippen molar-refractivity contribution >= 4 is 15.7 Å². The van der Waals surface area contributed by atoms with Gasteiger partial charge in [0, 0.05) is 12.7 Å². The normalized spacial score (nSPS) is 11.4. The second kappa shape index (κ2) is 6.56. The van der Waals surface area contributed by atoms with E-state index < -0.39 is 10.0 Å². The van der Waals surface area contributed by atoms with E-state index in [0.717, 1.165) is 18.5 Å². The fraction of sp³-hybridized carbons (Fsp3) is 0.545. The van der Waals surface area contributed by atoms with Crippen LogP contribution >= 0.6 is 0 Å². The minimum atomic E-state index is -3.28. The lowest BCUT2D eigenvalue weighted by molar-refractivity contribution is 0.595. The average Bonchev–Trinajstić information content (AvgIpc) is 2.24. The maximum Gasteiger partial charge on any atom is 0.234 e. The summed E-state index contributed by atoms with van der Waals surface area (Å²) in [6, 6.07) is 1.75. The van der Waals surface area contributed by atoms with Gasteiger partial charge in [-0.3, -0.25) is 9.71 Å². The lowest BCUT2D eigenvalue weighted by Gasteiger charge is -2.08. The third-order valence-corrected chi connectivity index (χ3v) is 3.41. The molecule has 0 saturated carbocycles. The minimum absolute atomic E-state index is 0.0704. The van der Waals surface area contributed by atoms with Gasteiger partial charge < -0.3 is 5.32 Å². The van der Waals surface area contributed by atoms with Gasteiger partial charge in [-0.15, -0.1) is 0 Å². The summed E-state index contributed by atoms with van der Waals surface area (Å²) < 4.78 is 25.9. The molecule has 17 heavy (non-hydrogen) atoms. The number of sulfonamides is 1. The molecule has 0 aliphatic rings. The summed E-state index contributed by atoms with van der Waals surface area (Å²) >= 11 is 0. The van der Waals surface area contributed by atoms with Crippen molar-refractivity contribution in [2.45, 2.75) is 20.3 Å². The van der Waals surface area contributed by atoms with Crippen molar-refractivity contribution in [2.24, 2.45) is 0 Å². The first-order chi connectivity index (χ1) is 8.03. The van der Waals surface area contributed by atoms with Gasteiger partial charge >= 0.3 is 0 Å². The Balaban J connectivity index is 2.49. The Morgan fingerprint density at radius 2 is 2.06 bits per heavy atom. The molecule has 0 aliphatic carbocycles. The summed E-state index contributed by atoms with van der Waals surface area (Å²) in [5.74, 6) is 0.0704. The molecule has 0 unspecified atom stereocenters. The lowest BCUT2D eigenvalue weighted by atomic mass is 10.3. The van der Waals surface area contributed by atoms with E-state index in [4.69, 9.17) is 0 Å². The second-order valence-corrected chi connectivity index (χ2v) is 5.76. The number of rotatable bonds is 7. The first-order valence-electron chi connectivity index (χ1n) is 5.66. The van der Waals surface area contributed by atoms with Crippen LogP contribution in [0.4, 0.5) is 5.69 Å². The van der Waals surface area contributed by atoms with Gasteiger partial charge in [0.05, 0.1) is 17.6 Å². The zero-order valence-corrected chi connectivity index (χ0v) is 11.0. The fourth-order valence-corrected chi connectivity index (χ4v) is 2.34. The van der Waals surface area contributed by atoms with Crippen molar-refractivity contribution in [3.05, 3.63) is 24.0 Å². The lowest BCUT2D eigenvalue weighted by Crippen LogP contribution is -2.27. The molecule has 1 aromatic rings. The number of hydrogen-bond donors (Lipinski definition) is 2. The van der Waals surface area contributed by atoms with E-state index in [2.05, 4.69) is 15.0 Å². The van der Waals surface area contributed by atoms with Gasteiger partial charge in [0.25, 0.3) is 0 Å². The Hall–Kier alpha value is -1.14. The highest BCUT2D eigenvalue weighted by molar-refractivity contribution is 7.92. The van der Waals surface area contributed by atoms with Crippen LogP contribution < -0.4 is 10.0 Å². The van der Waals surface area contributed by atoms with Crippen LogP contribution in [0.15, 0.2) is 18.5 Å². The first kappa shape index (κ1) is 13.9. The Labute approximate surface area is 103 Å². The largest absolute Gasteiger partial charge is 0.316 e. The van der Waals surface area contributed by atoms with Crippen LogP contribution in [0.3, 0.4) is 0 Å². The highest BCUT2D eigenvalue weighted by Crippen LogP contribution is 2.09. The third-order valence-electron chi connectivity index (χ3n) is 2.12. The van der Waals surface area contributed by atoms with Crippen molar-refractivity contribution < 1.29 is 8.42 Å². The van der Waals surface area contributed by atoms with E-state index in [9.17, 15) is 8.42 Å². The van der Waals surface area contributed by atoms with Gasteiger partial charge in [-0.1, -0.05) is 6.92 Å². The summed E-state index contributed by atoms with van der Waals surface area (Å²) in [4.78, 5) is 3.94. The van der Waals surface area contributed by atoms with E-state index in [1.165, 1.54) is 6.20 Å². The number of hydrogen-bond acceptors (Lipinski definition) is 4. The van der Waals surface area contributed by atoms with Crippen molar-refractivity contribution in [2.75, 3.05) is 23.6 Å². The molecule has 1 aromatic heterocycles. The Kier molecular flexibility index (Phi) is 5.37. The van der Waals surface area contributed by atoms with E-state index in [1.54, 1.807) is 12.3 Å². The van der Waals surface area contributed by atoms with Crippen LogP contribution in [-0.2, 0) is 10.0 Å². The first-order valence-corrected chi connectivity index (χ1v) is 7.31. The van der Waals surface area contributed by atoms with Crippen LogP contribution in [0.5, 0.6) is 0 Å². The smallest absolute Gasteiger partial charge is 0.234 e. The zero-order valence-electron chi connectivity index (χ0n) is 10.2. The maximum absolute atomic E-state index is 11.7. The van der Waals surface area contributed by atoms with Crippen LogP contribution in [0.1, 0.15) is 18.9 Å². The standard InChI is InChI=1S/C11H19N3O2S/c1-3-4-12-5-6-17(15,16)14-11-7-10(2)8-13-9-11/h7-9,12,14H,3-6H2,1-2H3. The Morgan fingerprint density at radius 1 is 1.29 bits per heavy atom. The molecule has 0 atom stereocenters. The molecule has 1 heterocycles. The molecule has 0 saturated heterocycles. The molecule has 5 nitrogen and oxygen atoms in total. The second-order valence-electron chi connectivity index (χ2n) is 3.92. The topological polar surface area (TPSA) is 71.1 Å². The van der Waals surface area contributed by atoms with Gasteiger partial charge in [0.1, 0.15) is 0 Å². The van der Waals surface area contributed by atoms with Gasteiger partial charge in [-0.2, -0.15) is 0 Å². The van der Waals surface area contributed by atoms with E-state index in [-0.39, 0.29) is 5.75 Å². The predicted octanol–water partition coefficient (Wildman–Crippen LogP) is 1.13. The number of nitrogens with zero attached hydrogens (tertiary/aromatic N) is 1. The molecular weight excluding hydrogens is 238 g/mol. The van der Waals surface area contributed by atoms with Crippen molar-refractivity contribution in [1.29, 1.82) is 0 Å². The summed E-state index contributed by atoms with van der Waals surface area (Å²) in [5, 5.41) is 3.05. The highest BCUT2D eigenvalue weighted by atomic mass is 32.2. The summed E-state index contributed by atoms with van der Waals surface area (Å²) in [6.07, 6.45) is 4.18. The average molecular weight is 257 g/mol. The molecule has 0 bridgehead atoms. The fourth-order valence-electron chi connectivity index (χ4n) is 1.35. The van der Waals surface area contributed by atoms with Crippen LogP contribution in [0.2, 0.25) is 0 Å². The van der Waals surface area contributed by atoms with E-state index in [1.807, 2.05) is 13.8 Å². The number of pyridine rings is 1. The number of aryl methyl sites for hydroxylation is 1. The maximum atomic E-state index is 11.7. The minimum Gasteiger partial charge on any atom is -0.316 e. The molecule has 0 aliphatic heterocycles. The van der Waals surface area contributed by atoms with Crippen molar-refractivity contribution in [3.63, 3.8) is 0 Å². The molecule has 2 N–H and O–H groups in total. The van der Waals surface area contributed by atoms with Gasteiger partial charge in [0.2, 0.25) is 10.0 Å². The summed E-state index contributed by atoms with van der Waals surface area (Å²) in [5.41, 5.74) is 1.44. The van der Waals surface area contributed by atoms with Gasteiger partial charge in [-0.05, 0) is 31.5 Å². The molecule has 0 fully saturated rings. The monoisotopic (exact) mass is 257 g/mol. The van der Waals surface area contributed by atoms with E-state index >= 15 is 0 Å². The van der Waals surface area contributed by atoms with Crippen LogP contribution in [-0.4, -0.2) is 32.2 Å². The molecule has 0 aromatic carbocycles. The molecule has 0 amide bonds. The van der Waals surface area contributed by atoms with Crippen molar-refractivity contribution in [1.82, 2.24) is 10.3 Å². The van der Waals surface area contributed by atoms with Crippen molar-refractivity contribution in [3.8, 4) is 0 Å².